The predicted molar refractivity (Wildman–Crippen MR) is 68.2 cm³/mol. The topological polar surface area (TPSA) is 42.4 Å². The molecule has 0 saturated carbocycles. The van der Waals surface area contributed by atoms with Crippen molar-refractivity contribution in [2.24, 2.45) is 0 Å². The number of rotatable bonds is 6. The van der Waals surface area contributed by atoms with Gasteiger partial charge in [-0.05, 0) is 18.6 Å². The highest BCUT2D eigenvalue weighted by Crippen LogP contribution is 2.18. The van der Waals surface area contributed by atoms with Gasteiger partial charge in [-0.1, -0.05) is 0 Å². The fourth-order valence-electron chi connectivity index (χ4n) is 1.53. The van der Waals surface area contributed by atoms with Gasteiger partial charge in [-0.25, -0.2) is 13.8 Å². The van der Waals surface area contributed by atoms with Gasteiger partial charge in [0.05, 0.1) is 23.9 Å². The molecule has 0 spiro atoms. The van der Waals surface area contributed by atoms with Crippen LogP contribution in [-0.2, 0) is 13.0 Å². The first-order chi connectivity index (χ1) is 9.19. The summed E-state index contributed by atoms with van der Waals surface area (Å²) in [5.74, 6) is -1.27. The van der Waals surface area contributed by atoms with Crippen LogP contribution in [0.5, 0.6) is 5.75 Å². The molecular weight excluding hydrogens is 272 g/mol. The van der Waals surface area contributed by atoms with Gasteiger partial charge in [0.1, 0.15) is 5.82 Å². The summed E-state index contributed by atoms with van der Waals surface area (Å²) >= 11 is 1.48. The van der Waals surface area contributed by atoms with Crippen molar-refractivity contribution >= 4 is 11.3 Å². The van der Waals surface area contributed by atoms with Crippen LogP contribution in [0.4, 0.5) is 8.78 Å². The third kappa shape index (κ3) is 3.97. The number of aryl methyl sites for hydroxylation is 1. The van der Waals surface area contributed by atoms with E-state index >= 15 is 0 Å². The maximum atomic E-state index is 13.2. The number of ether oxygens (including phenoxy) is 1. The molecule has 1 heterocycles. The minimum absolute atomic E-state index is 0.0524. The zero-order chi connectivity index (χ0) is 13.7. The SMILES string of the molecule is OCc1csc(CCCOc2ccc(F)cc2F)n1. The molecule has 3 nitrogen and oxygen atoms in total. The molecule has 0 fully saturated rings. The molecule has 102 valence electrons. The summed E-state index contributed by atoms with van der Waals surface area (Å²) in [4.78, 5) is 4.19. The zero-order valence-corrected chi connectivity index (χ0v) is 10.9. The van der Waals surface area contributed by atoms with Crippen LogP contribution in [0.3, 0.4) is 0 Å². The van der Waals surface area contributed by atoms with E-state index in [4.69, 9.17) is 9.84 Å². The van der Waals surface area contributed by atoms with Crippen LogP contribution in [0.1, 0.15) is 17.1 Å². The Morgan fingerprint density at radius 2 is 2.16 bits per heavy atom. The first-order valence-corrected chi connectivity index (χ1v) is 6.69. The summed E-state index contributed by atoms with van der Waals surface area (Å²) in [5.41, 5.74) is 0.658. The first-order valence-electron chi connectivity index (χ1n) is 5.81. The highest BCUT2D eigenvalue weighted by Gasteiger charge is 2.05. The quantitative estimate of drug-likeness (QED) is 0.830. The summed E-state index contributed by atoms with van der Waals surface area (Å²) in [6.45, 7) is 0.268. The lowest BCUT2D eigenvalue weighted by Gasteiger charge is -2.06. The van der Waals surface area contributed by atoms with Gasteiger partial charge in [0.25, 0.3) is 0 Å². The molecule has 2 rings (SSSR count). The molecule has 1 aromatic carbocycles. The Morgan fingerprint density at radius 1 is 1.32 bits per heavy atom. The lowest BCUT2D eigenvalue weighted by molar-refractivity contribution is 0.277. The Kier molecular flexibility index (Phi) is 4.81. The van der Waals surface area contributed by atoms with E-state index in [1.165, 1.54) is 17.4 Å². The van der Waals surface area contributed by atoms with Crippen molar-refractivity contribution in [1.82, 2.24) is 4.98 Å². The molecule has 0 bridgehead atoms. The smallest absolute Gasteiger partial charge is 0.167 e. The maximum absolute atomic E-state index is 13.2. The fourth-order valence-corrected chi connectivity index (χ4v) is 2.37. The summed E-state index contributed by atoms with van der Waals surface area (Å²) in [6, 6.07) is 3.23. The highest BCUT2D eigenvalue weighted by molar-refractivity contribution is 7.09. The molecule has 1 N–H and O–H groups in total. The number of hydrogen-bond donors (Lipinski definition) is 1. The average molecular weight is 285 g/mol. The van der Waals surface area contributed by atoms with Gasteiger partial charge in [0.15, 0.2) is 11.6 Å². The van der Waals surface area contributed by atoms with Crippen LogP contribution < -0.4 is 4.74 Å². The average Bonchev–Trinajstić information content (AvgIpc) is 2.84. The molecule has 0 atom stereocenters. The van der Waals surface area contributed by atoms with Crippen LogP contribution in [0.15, 0.2) is 23.6 Å². The summed E-state index contributed by atoms with van der Waals surface area (Å²) in [7, 11) is 0. The largest absolute Gasteiger partial charge is 0.491 e. The van der Waals surface area contributed by atoms with E-state index in [9.17, 15) is 8.78 Å². The monoisotopic (exact) mass is 285 g/mol. The minimum Gasteiger partial charge on any atom is -0.491 e. The van der Waals surface area contributed by atoms with Crippen molar-refractivity contribution in [3.63, 3.8) is 0 Å². The summed E-state index contributed by atoms with van der Waals surface area (Å²) in [5, 5.41) is 11.6. The zero-order valence-electron chi connectivity index (χ0n) is 10.1. The number of aliphatic hydroxyl groups excluding tert-OH is 1. The van der Waals surface area contributed by atoms with E-state index in [1.807, 2.05) is 0 Å². The lowest BCUT2D eigenvalue weighted by Crippen LogP contribution is -2.01. The standard InChI is InChI=1S/C13H13F2NO2S/c14-9-3-4-12(11(15)6-9)18-5-1-2-13-16-10(7-17)8-19-13/h3-4,6,8,17H,1-2,5,7H2. The summed E-state index contributed by atoms with van der Waals surface area (Å²) < 4.78 is 31.1. The molecule has 0 aliphatic rings. The Labute approximate surface area is 113 Å². The van der Waals surface area contributed by atoms with Crippen molar-refractivity contribution in [3.05, 3.63) is 45.9 Å². The van der Waals surface area contributed by atoms with Gasteiger partial charge >= 0.3 is 0 Å². The number of halogens is 2. The number of hydrogen-bond acceptors (Lipinski definition) is 4. The molecule has 0 amide bonds. The number of thiazole rings is 1. The van der Waals surface area contributed by atoms with Crippen LogP contribution in [-0.4, -0.2) is 16.7 Å². The van der Waals surface area contributed by atoms with E-state index in [0.717, 1.165) is 17.1 Å². The maximum Gasteiger partial charge on any atom is 0.167 e. The van der Waals surface area contributed by atoms with Gasteiger partial charge in [-0.3, -0.25) is 0 Å². The third-order valence-corrected chi connectivity index (χ3v) is 3.41. The number of aliphatic hydroxyl groups is 1. The molecule has 0 aliphatic heterocycles. The molecule has 19 heavy (non-hydrogen) atoms. The van der Waals surface area contributed by atoms with Gasteiger partial charge in [-0.15, -0.1) is 11.3 Å². The van der Waals surface area contributed by atoms with Crippen molar-refractivity contribution < 1.29 is 18.6 Å². The second-order valence-electron chi connectivity index (χ2n) is 3.92. The Balaban J connectivity index is 1.77. The first kappa shape index (κ1) is 13.9. The lowest BCUT2D eigenvalue weighted by atomic mass is 10.3. The van der Waals surface area contributed by atoms with Crippen LogP contribution in [0.25, 0.3) is 0 Å². The fraction of sp³-hybridized carbons (Fsp3) is 0.308. The third-order valence-electron chi connectivity index (χ3n) is 2.45. The van der Waals surface area contributed by atoms with E-state index in [1.54, 1.807) is 5.38 Å². The molecule has 2 aromatic rings. The highest BCUT2D eigenvalue weighted by atomic mass is 32.1. The van der Waals surface area contributed by atoms with Crippen molar-refractivity contribution in [2.75, 3.05) is 6.61 Å². The molecular formula is C13H13F2NO2S. The minimum atomic E-state index is -0.697. The van der Waals surface area contributed by atoms with Crippen LogP contribution >= 0.6 is 11.3 Å². The Bertz CT molecular complexity index is 545. The molecule has 0 aliphatic carbocycles. The number of nitrogens with zero attached hydrogens (tertiary/aromatic N) is 1. The second-order valence-corrected chi connectivity index (χ2v) is 4.86. The normalized spacial score (nSPS) is 10.7. The van der Waals surface area contributed by atoms with Crippen molar-refractivity contribution in [2.45, 2.75) is 19.4 Å². The van der Waals surface area contributed by atoms with E-state index in [0.29, 0.717) is 25.1 Å². The van der Waals surface area contributed by atoms with Gasteiger partial charge in [0, 0.05) is 17.9 Å². The van der Waals surface area contributed by atoms with E-state index in [2.05, 4.69) is 4.98 Å². The van der Waals surface area contributed by atoms with Crippen molar-refractivity contribution in [3.8, 4) is 5.75 Å². The van der Waals surface area contributed by atoms with Crippen LogP contribution in [0.2, 0.25) is 0 Å². The molecule has 0 radical (unpaired) electrons. The molecule has 0 unspecified atom stereocenters. The Morgan fingerprint density at radius 3 is 2.84 bits per heavy atom. The van der Waals surface area contributed by atoms with Gasteiger partial charge in [0.2, 0.25) is 0 Å². The number of benzene rings is 1. The van der Waals surface area contributed by atoms with Crippen molar-refractivity contribution in [1.29, 1.82) is 0 Å². The Hall–Kier alpha value is -1.53. The molecule has 0 saturated heterocycles. The predicted octanol–water partition coefficient (Wildman–Crippen LogP) is 2.93. The van der Waals surface area contributed by atoms with Crippen LogP contribution in [0, 0.1) is 11.6 Å². The molecule has 6 heteroatoms. The molecule has 1 aromatic heterocycles. The van der Waals surface area contributed by atoms with E-state index in [-0.39, 0.29) is 12.4 Å². The summed E-state index contributed by atoms with van der Waals surface area (Å²) in [6.07, 6.45) is 1.38. The number of aromatic nitrogens is 1. The van der Waals surface area contributed by atoms with Gasteiger partial charge < -0.3 is 9.84 Å². The second kappa shape index (κ2) is 6.58. The van der Waals surface area contributed by atoms with Gasteiger partial charge in [-0.2, -0.15) is 0 Å². The van der Waals surface area contributed by atoms with E-state index < -0.39 is 11.6 Å².